The predicted molar refractivity (Wildman–Crippen MR) is 431 cm³/mol. The zero-order valence-electron chi connectivity index (χ0n) is 55.0. The second-order valence-corrected chi connectivity index (χ2v) is 33.3. The second kappa shape index (κ2) is 75.7. The summed E-state index contributed by atoms with van der Waals surface area (Å²) in [6.07, 6.45) is 16.5. The third-order valence-electron chi connectivity index (χ3n) is 10.6. The Kier molecular flexibility index (Phi) is 85.1. The van der Waals surface area contributed by atoms with E-state index >= 15 is 0 Å². The van der Waals surface area contributed by atoms with Crippen molar-refractivity contribution in [1.82, 2.24) is 0 Å². The van der Waals surface area contributed by atoms with Gasteiger partial charge in [0.1, 0.15) is 0 Å². The minimum absolute atomic E-state index is 0. The smallest absolute Gasteiger partial charge is 1.00 e. The van der Waals surface area contributed by atoms with Crippen molar-refractivity contribution in [3.8, 4) is 0 Å². The Balaban J connectivity index is -0.000000206. The van der Waals surface area contributed by atoms with Crippen LogP contribution in [-0.2, 0) is 33.0 Å². The van der Waals surface area contributed by atoms with Crippen molar-refractivity contribution in [3.63, 3.8) is 0 Å². The van der Waals surface area contributed by atoms with Crippen LogP contribution in [0.1, 0.15) is 0 Å². The first-order valence-electron chi connectivity index (χ1n) is 28.5. The van der Waals surface area contributed by atoms with Gasteiger partial charge in [0.15, 0.2) is 0 Å². The van der Waals surface area contributed by atoms with Crippen molar-refractivity contribution < 1.29 is 114 Å². The molecule has 0 nitrogen and oxygen atoms in total. The molecular weight excluding hydrogens is 1770 g/mol. The van der Waals surface area contributed by atoms with E-state index in [1.54, 1.807) is 0 Å². The third-order valence-corrected chi connectivity index (χ3v) is 24.3. The van der Waals surface area contributed by atoms with Gasteiger partial charge in [-0.2, -0.15) is 47.0 Å². The van der Waals surface area contributed by atoms with Gasteiger partial charge in [-0.1, -0.05) is 243 Å². The van der Waals surface area contributed by atoms with Gasteiger partial charge in [0.2, 0.25) is 0 Å². The van der Waals surface area contributed by atoms with E-state index in [1.807, 2.05) is 47.0 Å². The number of hydrogen-bond acceptors (Lipinski definition) is 4. The van der Waals surface area contributed by atoms with Gasteiger partial charge in [-0.25, -0.2) is 0 Å². The van der Waals surface area contributed by atoms with Gasteiger partial charge in [-0.05, 0) is 147 Å². The standard InChI is InChI=1S/4C15H17PS.3CH2Cl2.CH2Cl.4BF4.ClH.2Ni/c4*1-17-13-12-16(14-8-4-2-5-9-14)15-10-6-3-7-11-15;3*2-1-3;1-2;4*2-1(3,4)5;;;/h4*2-11H,12-13H2,1H3;3*1H2;1H2;;;;;1H;;/q;;;;;;;5*-1;;2*+3/p-1. The van der Waals surface area contributed by atoms with Crippen LogP contribution in [-0.4, -0.2) is 118 Å². The number of thioether (sulfide) groups is 4. The van der Waals surface area contributed by atoms with E-state index in [0.29, 0.717) is 0 Å². The maximum atomic E-state index is 9.75. The van der Waals surface area contributed by atoms with Crippen molar-refractivity contribution in [3.05, 3.63) is 249 Å². The van der Waals surface area contributed by atoms with Crippen molar-refractivity contribution in [2.24, 2.45) is 0 Å². The van der Waals surface area contributed by atoms with Gasteiger partial charge in [0.05, 0.1) is 16.0 Å². The summed E-state index contributed by atoms with van der Waals surface area (Å²) in [7, 11) is -24.7. The summed E-state index contributed by atoms with van der Waals surface area (Å²) in [6, 6.07) is 87.3. The quantitative estimate of drug-likeness (QED) is 0.0245. The summed E-state index contributed by atoms with van der Waals surface area (Å²) in [5.74, 6) is 4.93. The fraction of sp³-hybridized carbons (Fsp3) is 0.234. The Morgan fingerprint density at radius 2 is 0.324 bits per heavy atom. The van der Waals surface area contributed by atoms with Crippen LogP contribution in [0.5, 0.6) is 0 Å². The molecule has 8 aromatic carbocycles. The monoisotopic (exact) mass is 1840 g/mol. The minimum Gasteiger partial charge on any atom is -1.00 e. The Hall–Kier alpha value is -0.673. The Bertz CT molecular complexity index is 2410. The minimum atomic E-state index is -6.00. The van der Waals surface area contributed by atoms with Gasteiger partial charge in [0.25, 0.3) is 0 Å². The van der Waals surface area contributed by atoms with Crippen LogP contribution in [0.25, 0.3) is 0 Å². The van der Waals surface area contributed by atoms with Gasteiger partial charge in [-0.3, -0.25) is 6.38 Å². The molecule has 0 heterocycles. The molecule has 0 aliphatic heterocycles. The molecule has 576 valence electrons. The zero-order chi connectivity index (χ0) is 75.8. The third kappa shape index (κ3) is 77.5. The molecule has 8 aromatic rings. The first kappa shape index (κ1) is 115. The molecule has 0 saturated carbocycles. The van der Waals surface area contributed by atoms with Crippen LogP contribution in [0.3, 0.4) is 0 Å². The summed E-state index contributed by atoms with van der Waals surface area (Å²) < 4.78 is 156. The molecule has 0 aliphatic rings. The number of halogens is 24. The number of rotatable bonds is 20. The molecule has 38 heteroatoms. The number of alkyl halides is 6. The molecule has 0 N–H and O–H groups in total. The van der Waals surface area contributed by atoms with Crippen LogP contribution < -0.4 is 54.8 Å². The number of hydrogen-bond donors (Lipinski definition) is 0. The maximum absolute atomic E-state index is 9.75. The molecule has 0 aromatic heterocycles. The van der Waals surface area contributed by atoms with E-state index in [2.05, 4.69) is 286 Å². The average Bonchev–Trinajstić information content (AvgIpc) is 0.880. The maximum Gasteiger partial charge on any atom is 3.00 e. The Morgan fingerprint density at radius 1 is 0.245 bits per heavy atom. The van der Waals surface area contributed by atoms with E-state index in [9.17, 15) is 69.1 Å². The molecule has 0 spiro atoms. The van der Waals surface area contributed by atoms with Crippen LogP contribution in [0.4, 0.5) is 69.1 Å². The summed E-state index contributed by atoms with van der Waals surface area (Å²) in [5, 5.41) is 12.5. The summed E-state index contributed by atoms with van der Waals surface area (Å²) in [6.45, 7) is 0. The van der Waals surface area contributed by atoms with E-state index in [-0.39, 0.29) is 93.1 Å². The van der Waals surface area contributed by atoms with E-state index in [1.165, 1.54) is 90.1 Å². The average molecular weight is 1850 g/mol. The van der Waals surface area contributed by atoms with Crippen molar-refractivity contribution >= 4 is 231 Å². The zero-order valence-corrected chi connectivity index (χ0v) is 69.9. The molecule has 8 rings (SSSR count). The fourth-order valence-corrected chi connectivity index (χ4v) is 20.6. The van der Waals surface area contributed by atoms with Crippen LogP contribution in [0.2, 0.25) is 0 Å². The Morgan fingerprint density at radius 3 is 0.392 bits per heavy atom. The molecule has 0 saturated heterocycles. The molecule has 0 bridgehead atoms. The molecule has 0 fully saturated rings. The normalized spacial score (nSPS) is 10.1. The second-order valence-electron chi connectivity index (χ2n) is 17.5. The van der Waals surface area contributed by atoms with Crippen LogP contribution in [0.15, 0.2) is 243 Å². The van der Waals surface area contributed by atoms with Gasteiger partial charge in [-0.15, -0.1) is 69.6 Å². The summed E-state index contributed by atoms with van der Waals surface area (Å²) in [4.78, 5) is 0. The van der Waals surface area contributed by atoms with Crippen molar-refractivity contribution in [1.29, 1.82) is 0 Å². The van der Waals surface area contributed by atoms with E-state index in [4.69, 9.17) is 69.6 Å². The SMILES string of the molecule is CSCCP(c1ccccc1)c1ccccc1.CSCCP(c1ccccc1)c1ccccc1.CSCCP(c1ccccc1)c1ccccc1.CSCCP(c1ccccc1)c1ccccc1.ClCCl.ClCCl.ClCCl.F[B-](F)(F)F.F[B-](F)(F)F.F[B-](F)(F)F.F[B-](F)(F)F.[CH2-]Cl.[Cl-].[Ni+3].[Ni+3]. The van der Waals surface area contributed by atoms with Crippen LogP contribution >= 0.6 is 160 Å². The first-order chi connectivity index (χ1) is 46.9. The molecule has 0 unspecified atom stereocenters. The van der Waals surface area contributed by atoms with E-state index in [0.717, 1.165) is 0 Å². The van der Waals surface area contributed by atoms with Gasteiger partial charge >= 0.3 is 62.0 Å². The molecule has 2 radical (unpaired) electrons. The fourth-order valence-electron chi connectivity index (χ4n) is 7.22. The largest absolute Gasteiger partial charge is 3.00 e. The van der Waals surface area contributed by atoms with E-state index < -0.39 is 29.0 Å². The summed E-state index contributed by atoms with van der Waals surface area (Å²) in [5.41, 5.74) is 0. The predicted octanol–water partition coefficient (Wildman–Crippen LogP) is 21.4. The molecule has 102 heavy (non-hydrogen) atoms. The van der Waals surface area contributed by atoms with Crippen LogP contribution in [0, 0.1) is 6.38 Å². The van der Waals surface area contributed by atoms with Gasteiger partial charge in [0, 0.05) is 0 Å². The Labute approximate surface area is 677 Å². The van der Waals surface area contributed by atoms with Crippen molar-refractivity contribution in [2.45, 2.75) is 0 Å². The summed E-state index contributed by atoms with van der Waals surface area (Å²) >= 11 is 40.7. The first-order valence-corrected chi connectivity index (χ1v) is 43.9. The number of benzene rings is 8. The van der Waals surface area contributed by atoms with Gasteiger partial charge < -0.3 is 93.1 Å². The molecular formula is C64H76B4Cl8F16Ni2P4S4. The molecule has 0 aliphatic carbocycles. The molecule has 0 amide bonds. The topological polar surface area (TPSA) is 0 Å². The molecule has 0 atom stereocenters. The van der Waals surface area contributed by atoms with Crippen molar-refractivity contribution in [2.75, 3.05) is 88.7 Å².